The molecule has 0 saturated carbocycles. The molecule has 0 aliphatic heterocycles. The highest BCUT2D eigenvalue weighted by atomic mass is 19.1. The standard InChI is InChI=1S/C9H10BFO.2H2O/c1-2-5-12-7-3-4-9(11)8(10)6-7;;/h3-4,6H,2,5H2,1H3;2*1H2. The van der Waals surface area contributed by atoms with Gasteiger partial charge in [-0.2, -0.15) is 0 Å². The van der Waals surface area contributed by atoms with Crippen molar-refractivity contribution in [2.75, 3.05) is 6.61 Å². The summed E-state index contributed by atoms with van der Waals surface area (Å²) in [4.78, 5) is 0. The van der Waals surface area contributed by atoms with Crippen molar-refractivity contribution >= 4 is 13.3 Å². The molecule has 5 heteroatoms. The molecule has 3 nitrogen and oxygen atoms in total. The SMILES string of the molecule is O.O.[B]c1cc(OCCC)ccc1F. The van der Waals surface area contributed by atoms with Crippen LogP contribution >= 0.6 is 0 Å². The summed E-state index contributed by atoms with van der Waals surface area (Å²) in [5.74, 6) is 0.217. The second-order valence-corrected chi connectivity index (χ2v) is 2.53. The normalized spacial score (nSPS) is 8.43. The van der Waals surface area contributed by atoms with Gasteiger partial charge >= 0.3 is 0 Å². The van der Waals surface area contributed by atoms with E-state index in [4.69, 9.17) is 12.6 Å². The lowest BCUT2D eigenvalue weighted by atomic mass is 9.95. The van der Waals surface area contributed by atoms with Crippen LogP contribution in [0.15, 0.2) is 18.2 Å². The third kappa shape index (κ3) is 4.25. The molecule has 2 radical (unpaired) electrons. The Morgan fingerprint density at radius 3 is 2.50 bits per heavy atom. The maximum atomic E-state index is 12.6. The van der Waals surface area contributed by atoms with Crippen LogP contribution < -0.4 is 10.2 Å². The van der Waals surface area contributed by atoms with Crippen LogP contribution in [0.2, 0.25) is 0 Å². The Hall–Kier alpha value is -1.07. The Labute approximate surface area is 83.9 Å². The molecule has 0 aliphatic rings. The molecule has 0 fully saturated rings. The lowest BCUT2D eigenvalue weighted by Gasteiger charge is -2.05. The number of rotatable bonds is 3. The van der Waals surface area contributed by atoms with Gasteiger partial charge in [-0.05, 0) is 24.6 Å². The molecule has 0 unspecified atom stereocenters. The van der Waals surface area contributed by atoms with E-state index in [1.54, 1.807) is 6.07 Å². The van der Waals surface area contributed by atoms with Crippen molar-refractivity contribution in [2.45, 2.75) is 13.3 Å². The van der Waals surface area contributed by atoms with E-state index in [0.717, 1.165) is 6.42 Å². The van der Waals surface area contributed by atoms with Gasteiger partial charge in [0.05, 0.1) is 6.61 Å². The zero-order chi connectivity index (χ0) is 8.97. The highest BCUT2D eigenvalue weighted by Gasteiger charge is 1.97. The van der Waals surface area contributed by atoms with Gasteiger partial charge in [0.15, 0.2) is 0 Å². The predicted octanol–water partition coefficient (Wildman–Crippen LogP) is -0.241. The predicted molar refractivity (Wildman–Crippen MR) is 54.8 cm³/mol. The third-order valence-corrected chi connectivity index (χ3v) is 1.44. The lowest BCUT2D eigenvalue weighted by Crippen LogP contribution is -2.08. The monoisotopic (exact) mass is 200 g/mol. The second kappa shape index (κ2) is 7.35. The molecule has 0 heterocycles. The highest BCUT2D eigenvalue weighted by molar-refractivity contribution is 6.32. The molecular formula is C9H14BFO3. The zero-order valence-corrected chi connectivity index (χ0v) is 8.01. The first-order valence-corrected chi connectivity index (χ1v) is 3.92. The van der Waals surface area contributed by atoms with Crippen LogP contribution in [0.5, 0.6) is 5.75 Å². The van der Waals surface area contributed by atoms with Crippen molar-refractivity contribution in [3.05, 3.63) is 24.0 Å². The molecule has 0 aliphatic carbocycles. The van der Waals surface area contributed by atoms with E-state index >= 15 is 0 Å². The zero-order valence-electron chi connectivity index (χ0n) is 8.01. The Morgan fingerprint density at radius 2 is 2.00 bits per heavy atom. The highest BCUT2D eigenvalue weighted by Crippen LogP contribution is 2.08. The maximum Gasteiger partial charge on any atom is 0.118 e. The van der Waals surface area contributed by atoms with Crippen LogP contribution in [0.1, 0.15) is 13.3 Å². The van der Waals surface area contributed by atoms with Gasteiger partial charge in [0, 0.05) is 0 Å². The summed E-state index contributed by atoms with van der Waals surface area (Å²) >= 11 is 0. The second-order valence-electron chi connectivity index (χ2n) is 2.53. The van der Waals surface area contributed by atoms with E-state index in [-0.39, 0.29) is 16.4 Å². The molecule has 1 aromatic rings. The minimum atomic E-state index is -0.404. The van der Waals surface area contributed by atoms with Crippen molar-refractivity contribution in [3.63, 3.8) is 0 Å². The summed E-state index contributed by atoms with van der Waals surface area (Å²) in [6.07, 6.45) is 0.928. The van der Waals surface area contributed by atoms with Gasteiger partial charge < -0.3 is 15.7 Å². The van der Waals surface area contributed by atoms with Crippen molar-refractivity contribution in [2.24, 2.45) is 0 Å². The van der Waals surface area contributed by atoms with E-state index in [2.05, 4.69) is 0 Å². The van der Waals surface area contributed by atoms with Gasteiger partial charge in [-0.15, -0.1) is 0 Å². The minimum absolute atomic E-state index is 0. The van der Waals surface area contributed by atoms with Gasteiger partial charge in [0.2, 0.25) is 0 Å². The molecule has 78 valence electrons. The van der Waals surface area contributed by atoms with Crippen molar-refractivity contribution in [1.29, 1.82) is 0 Å². The summed E-state index contributed by atoms with van der Waals surface area (Å²) < 4.78 is 17.9. The smallest absolute Gasteiger partial charge is 0.118 e. The summed E-state index contributed by atoms with van der Waals surface area (Å²) in [5, 5.41) is 0. The first kappa shape index (κ1) is 15.4. The first-order chi connectivity index (χ1) is 5.74. The van der Waals surface area contributed by atoms with Crippen LogP contribution in [0.4, 0.5) is 4.39 Å². The molecule has 0 atom stereocenters. The average Bonchev–Trinajstić information content (AvgIpc) is 2.07. The first-order valence-electron chi connectivity index (χ1n) is 3.92. The van der Waals surface area contributed by atoms with Crippen LogP contribution in [0, 0.1) is 5.82 Å². The Kier molecular flexibility index (Phi) is 8.09. The van der Waals surface area contributed by atoms with Crippen molar-refractivity contribution in [1.82, 2.24) is 0 Å². The molecule has 14 heavy (non-hydrogen) atoms. The fourth-order valence-corrected chi connectivity index (χ4v) is 0.832. The van der Waals surface area contributed by atoms with Crippen molar-refractivity contribution < 1.29 is 20.1 Å². The number of benzene rings is 1. The average molecular weight is 200 g/mol. The van der Waals surface area contributed by atoms with Crippen LogP contribution in [-0.2, 0) is 0 Å². The summed E-state index contributed by atoms with van der Waals surface area (Å²) in [5.41, 5.74) is 0.128. The fourth-order valence-electron chi connectivity index (χ4n) is 0.832. The number of ether oxygens (including phenoxy) is 1. The Morgan fingerprint density at radius 1 is 1.36 bits per heavy atom. The topological polar surface area (TPSA) is 72.2 Å². The Balaban J connectivity index is 0. The molecule has 1 aromatic carbocycles. The Bertz CT molecular complexity index is 268. The van der Waals surface area contributed by atoms with E-state index in [9.17, 15) is 4.39 Å². The molecule has 0 aromatic heterocycles. The van der Waals surface area contributed by atoms with Crippen LogP contribution in [-0.4, -0.2) is 25.4 Å². The molecule has 0 bridgehead atoms. The number of hydrogen-bond donors (Lipinski definition) is 0. The molecule has 1 rings (SSSR count). The molecule has 0 amide bonds. The van der Waals surface area contributed by atoms with Crippen LogP contribution in [0.25, 0.3) is 0 Å². The van der Waals surface area contributed by atoms with Crippen molar-refractivity contribution in [3.8, 4) is 5.75 Å². The van der Waals surface area contributed by atoms with Gasteiger partial charge in [0.25, 0.3) is 0 Å². The third-order valence-electron chi connectivity index (χ3n) is 1.44. The van der Waals surface area contributed by atoms with Crippen LogP contribution in [0.3, 0.4) is 0 Å². The van der Waals surface area contributed by atoms with E-state index in [1.165, 1.54) is 12.1 Å². The number of halogens is 1. The van der Waals surface area contributed by atoms with Gasteiger partial charge in [-0.1, -0.05) is 12.4 Å². The molecule has 0 spiro atoms. The fraction of sp³-hybridized carbons (Fsp3) is 0.333. The van der Waals surface area contributed by atoms with Gasteiger partial charge in [0.1, 0.15) is 19.4 Å². The molecule has 4 N–H and O–H groups in total. The summed E-state index contributed by atoms with van der Waals surface area (Å²) in [6, 6.07) is 4.37. The van der Waals surface area contributed by atoms with Gasteiger partial charge in [-0.25, -0.2) is 4.39 Å². The molecular weight excluding hydrogens is 186 g/mol. The van der Waals surface area contributed by atoms with E-state index < -0.39 is 5.82 Å². The largest absolute Gasteiger partial charge is 0.494 e. The van der Waals surface area contributed by atoms with E-state index in [0.29, 0.717) is 12.4 Å². The summed E-state index contributed by atoms with van der Waals surface area (Å²) in [6.45, 7) is 2.64. The van der Waals surface area contributed by atoms with Gasteiger partial charge in [-0.3, -0.25) is 0 Å². The maximum absolute atomic E-state index is 12.6. The van der Waals surface area contributed by atoms with E-state index in [1.807, 2.05) is 6.92 Å². The molecule has 0 saturated heterocycles. The number of hydrogen-bond acceptors (Lipinski definition) is 1. The summed E-state index contributed by atoms with van der Waals surface area (Å²) in [7, 11) is 5.34. The minimum Gasteiger partial charge on any atom is -0.494 e. The quantitative estimate of drug-likeness (QED) is 0.620. The lowest BCUT2D eigenvalue weighted by molar-refractivity contribution is 0.317.